The monoisotopic (exact) mass is 292 g/mol. The number of urea groups is 1. The fraction of sp³-hybridized carbons (Fsp3) is 0.500. The van der Waals surface area contributed by atoms with Crippen molar-refractivity contribution in [2.45, 2.75) is 13.3 Å². The van der Waals surface area contributed by atoms with Crippen LogP contribution in [-0.2, 0) is 4.79 Å². The van der Waals surface area contributed by atoms with Gasteiger partial charge in [-0.2, -0.15) is 0 Å². The van der Waals surface area contributed by atoms with Crippen LogP contribution in [0.5, 0.6) is 0 Å². The van der Waals surface area contributed by atoms with Crippen LogP contribution in [0.1, 0.15) is 13.3 Å². The Morgan fingerprint density at radius 2 is 2.14 bits per heavy atom. The molecule has 1 aromatic heterocycles. The van der Waals surface area contributed by atoms with Crippen LogP contribution in [-0.4, -0.2) is 54.2 Å². The van der Waals surface area contributed by atoms with Gasteiger partial charge in [0.2, 0.25) is 0 Å². The minimum atomic E-state index is -0.870. The SMILES string of the molecule is CN(C)c1cccc(NC(=O)N2CCC(C)(C(=O)O)C2)n1. The molecule has 1 atom stereocenters. The van der Waals surface area contributed by atoms with Gasteiger partial charge in [-0.05, 0) is 25.5 Å². The van der Waals surface area contributed by atoms with Crippen molar-refractivity contribution in [1.29, 1.82) is 0 Å². The summed E-state index contributed by atoms with van der Waals surface area (Å²) in [7, 11) is 3.74. The average Bonchev–Trinajstić information content (AvgIpc) is 2.83. The lowest BCUT2D eigenvalue weighted by Crippen LogP contribution is -2.37. The molecule has 0 aliphatic carbocycles. The van der Waals surface area contributed by atoms with E-state index in [9.17, 15) is 14.7 Å². The zero-order valence-corrected chi connectivity index (χ0v) is 12.5. The Kier molecular flexibility index (Phi) is 4.02. The van der Waals surface area contributed by atoms with Crippen LogP contribution in [0.4, 0.5) is 16.4 Å². The van der Waals surface area contributed by atoms with E-state index in [-0.39, 0.29) is 12.6 Å². The maximum Gasteiger partial charge on any atom is 0.323 e. The standard InChI is InChI=1S/C14H20N4O3/c1-14(12(19)20)7-8-18(9-14)13(21)16-10-5-4-6-11(15-10)17(2)3/h4-6H,7-9H2,1-3H3,(H,19,20)(H,15,16,21). The fourth-order valence-corrected chi connectivity index (χ4v) is 2.24. The number of rotatable bonds is 3. The van der Waals surface area contributed by atoms with Gasteiger partial charge in [-0.3, -0.25) is 10.1 Å². The summed E-state index contributed by atoms with van der Waals surface area (Å²) >= 11 is 0. The van der Waals surface area contributed by atoms with E-state index >= 15 is 0 Å². The van der Waals surface area contributed by atoms with Gasteiger partial charge in [0.1, 0.15) is 11.6 Å². The number of likely N-dealkylation sites (tertiary alicyclic amines) is 1. The minimum absolute atomic E-state index is 0.210. The summed E-state index contributed by atoms with van der Waals surface area (Å²) in [4.78, 5) is 31.0. The van der Waals surface area contributed by atoms with Gasteiger partial charge >= 0.3 is 12.0 Å². The first kappa shape index (κ1) is 15.1. The highest BCUT2D eigenvalue weighted by atomic mass is 16.4. The number of carbonyl (C=O) groups excluding carboxylic acids is 1. The van der Waals surface area contributed by atoms with Crippen molar-refractivity contribution in [2.75, 3.05) is 37.4 Å². The highest BCUT2D eigenvalue weighted by molar-refractivity contribution is 5.89. The Hall–Kier alpha value is -2.31. The number of hydrogen-bond acceptors (Lipinski definition) is 4. The van der Waals surface area contributed by atoms with E-state index in [0.717, 1.165) is 5.82 Å². The molecular weight excluding hydrogens is 272 g/mol. The van der Waals surface area contributed by atoms with Crippen LogP contribution < -0.4 is 10.2 Å². The van der Waals surface area contributed by atoms with E-state index in [0.29, 0.717) is 18.8 Å². The fourth-order valence-electron chi connectivity index (χ4n) is 2.24. The summed E-state index contributed by atoms with van der Waals surface area (Å²) in [6.45, 7) is 2.30. The Labute approximate surface area is 123 Å². The topological polar surface area (TPSA) is 85.8 Å². The molecule has 1 aromatic rings. The second-order valence-electron chi connectivity index (χ2n) is 5.74. The molecule has 2 rings (SSSR count). The van der Waals surface area contributed by atoms with Crippen LogP contribution in [0.15, 0.2) is 18.2 Å². The number of nitrogens with one attached hydrogen (secondary N) is 1. The van der Waals surface area contributed by atoms with Crippen molar-refractivity contribution in [3.8, 4) is 0 Å². The molecule has 0 saturated carbocycles. The molecule has 7 nitrogen and oxygen atoms in total. The summed E-state index contributed by atoms with van der Waals surface area (Å²) in [5.74, 6) is 0.324. The second-order valence-corrected chi connectivity index (χ2v) is 5.74. The summed E-state index contributed by atoms with van der Waals surface area (Å²) in [5, 5.41) is 11.9. The molecule has 1 unspecified atom stereocenters. The first-order valence-electron chi connectivity index (χ1n) is 6.75. The second kappa shape index (κ2) is 5.59. The number of amides is 2. The first-order chi connectivity index (χ1) is 9.82. The number of nitrogens with zero attached hydrogens (tertiary/aromatic N) is 3. The normalized spacial score (nSPS) is 21.2. The highest BCUT2D eigenvalue weighted by Gasteiger charge is 2.42. The molecule has 21 heavy (non-hydrogen) atoms. The number of hydrogen-bond donors (Lipinski definition) is 2. The quantitative estimate of drug-likeness (QED) is 0.881. The Bertz CT molecular complexity index is 561. The molecule has 1 fully saturated rings. The van der Waals surface area contributed by atoms with E-state index in [4.69, 9.17) is 0 Å². The lowest BCUT2D eigenvalue weighted by molar-refractivity contribution is -0.146. The van der Waals surface area contributed by atoms with Crippen molar-refractivity contribution in [3.05, 3.63) is 18.2 Å². The van der Waals surface area contributed by atoms with Crippen LogP contribution in [0.25, 0.3) is 0 Å². The molecule has 2 heterocycles. The van der Waals surface area contributed by atoms with E-state index < -0.39 is 11.4 Å². The van der Waals surface area contributed by atoms with Gasteiger partial charge in [0.05, 0.1) is 5.41 Å². The Morgan fingerprint density at radius 1 is 1.43 bits per heavy atom. The third-order valence-corrected chi connectivity index (χ3v) is 3.70. The van der Waals surface area contributed by atoms with Crippen molar-refractivity contribution >= 4 is 23.6 Å². The summed E-state index contributed by atoms with van der Waals surface area (Å²) < 4.78 is 0. The van der Waals surface area contributed by atoms with Gasteiger partial charge < -0.3 is 14.9 Å². The molecule has 114 valence electrons. The number of carboxylic acid groups (broad SMARTS) is 1. The number of aliphatic carboxylic acids is 1. The van der Waals surface area contributed by atoms with E-state index in [1.807, 2.05) is 31.1 Å². The summed E-state index contributed by atoms with van der Waals surface area (Å²) in [6, 6.07) is 5.04. The molecular formula is C14H20N4O3. The molecule has 1 aliphatic rings. The Morgan fingerprint density at radius 3 is 2.71 bits per heavy atom. The molecule has 2 amide bonds. The third kappa shape index (κ3) is 3.24. The van der Waals surface area contributed by atoms with Gasteiger partial charge in [0.25, 0.3) is 0 Å². The zero-order chi connectivity index (χ0) is 15.6. The van der Waals surface area contributed by atoms with E-state index in [1.165, 1.54) is 4.90 Å². The third-order valence-electron chi connectivity index (χ3n) is 3.70. The van der Waals surface area contributed by atoms with Crippen molar-refractivity contribution < 1.29 is 14.7 Å². The molecule has 1 saturated heterocycles. The van der Waals surface area contributed by atoms with E-state index in [1.54, 1.807) is 13.0 Å². The van der Waals surface area contributed by atoms with Crippen molar-refractivity contribution in [1.82, 2.24) is 9.88 Å². The maximum absolute atomic E-state index is 12.2. The number of pyridine rings is 1. The summed E-state index contributed by atoms with van der Waals surface area (Å²) in [6.07, 6.45) is 0.459. The predicted molar refractivity (Wildman–Crippen MR) is 79.5 cm³/mol. The lowest BCUT2D eigenvalue weighted by Gasteiger charge is -2.20. The van der Waals surface area contributed by atoms with Crippen molar-refractivity contribution in [2.24, 2.45) is 5.41 Å². The number of carboxylic acids is 1. The van der Waals surface area contributed by atoms with Gasteiger partial charge in [-0.15, -0.1) is 0 Å². The summed E-state index contributed by atoms with van der Waals surface area (Å²) in [5.41, 5.74) is -0.865. The maximum atomic E-state index is 12.2. The Balaban J connectivity index is 2.03. The molecule has 0 spiro atoms. The van der Waals surface area contributed by atoms with E-state index in [2.05, 4.69) is 10.3 Å². The lowest BCUT2D eigenvalue weighted by atomic mass is 9.90. The van der Waals surface area contributed by atoms with Crippen molar-refractivity contribution in [3.63, 3.8) is 0 Å². The van der Waals surface area contributed by atoms with Crippen LogP contribution in [0.3, 0.4) is 0 Å². The molecule has 2 N–H and O–H groups in total. The van der Waals surface area contributed by atoms with Crippen LogP contribution in [0.2, 0.25) is 0 Å². The molecule has 0 bridgehead atoms. The van der Waals surface area contributed by atoms with Gasteiger partial charge in [-0.25, -0.2) is 9.78 Å². The van der Waals surface area contributed by atoms with Crippen LogP contribution in [0, 0.1) is 5.41 Å². The highest BCUT2D eigenvalue weighted by Crippen LogP contribution is 2.30. The smallest absolute Gasteiger partial charge is 0.323 e. The molecule has 7 heteroatoms. The van der Waals surface area contributed by atoms with Gasteiger partial charge in [0, 0.05) is 27.2 Å². The average molecular weight is 292 g/mol. The van der Waals surface area contributed by atoms with Gasteiger partial charge in [-0.1, -0.05) is 6.07 Å². The largest absolute Gasteiger partial charge is 0.481 e. The number of anilines is 2. The molecule has 0 radical (unpaired) electrons. The predicted octanol–water partition coefficient (Wildman–Crippen LogP) is 1.48. The van der Waals surface area contributed by atoms with Crippen LogP contribution >= 0.6 is 0 Å². The zero-order valence-electron chi connectivity index (χ0n) is 12.5. The molecule has 1 aliphatic heterocycles. The molecule has 0 aromatic carbocycles. The minimum Gasteiger partial charge on any atom is -0.481 e. The number of carbonyl (C=O) groups is 2. The number of aromatic nitrogens is 1. The first-order valence-corrected chi connectivity index (χ1v) is 6.75. The van der Waals surface area contributed by atoms with Gasteiger partial charge in [0.15, 0.2) is 0 Å².